The van der Waals surface area contributed by atoms with E-state index < -0.39 is 0 Å². The topological polar surface area (TPSA) is 0 Å². The quantitative estimate of drug-likeness (QED) is 0.124. The summed E-state index contributed by atoms with van der Waals surface area (Å²) in [7, 11) is 0. The van der Waals surface area contributed by atoms with Crippen molar-refractivity contribution in [3.05, 3.63) is 146 Å². The van der Waals surface area contributed by atoms with Crippen molar-refractivity contribution >= 4 is 46.4 Å². The van der Waals surface area contributed by atoms with Gasteiger partial charge in [-0.2, -0.15) is 12.1 Å². The maximum atomic E-state index is 3.38. The summed E-state index contributed by atoms with van der Waals surface area (Å²) in [6.07, 6.45) is 0.750. The summed E-state index contributed by atoms with van der Waals surface area (Å²) < 4.78 is 0. The van der Waals surface area contributed by atoms with Crippen LogP contribution < -0.4 is 0 Å². The molecule has 0 aliphatic carbocycles. The predicted octanol–water partition coefficient (Wildman–Crippen LogP) is 11.0. The molecule has 192 valence electrons. The number of fused-ring (bicyclic) bond motifs is 2. The first-order valence-corrected chi connectivity index (χ1v) is 12.1. The molecule has 0 aliphatic heterocycles. The molecular weight excluding hydrogens is 670 g/mol. The summed E-state index contributed by atoms with van der Waals surface area (Å²) >= 11 is 0. The van der Waals surface area contributed by atoms with Crippen LogP contribution in [0.3, 0.4) is 0 Å². The maximum absolute atomic E-state index is 3.38. The van der Waals surface area contributed by atoms with Gasteiger partial charge in [0.2, 0.25) is 0 Å². The van der Waals surface area contributed by atoms with E-state index in [0.717, 1.165) is 6.42 Å². The van der Waals surface area contributed by atoms with Crippen LogP contribution in [-0.4, -0.2) is 0 Å². The molecule has 0 nitrogen and oxygen atoms in total. The molecule has 38 heavy (non-hydrogen) atoms. The van der Waals surface area contributed by atoms with Crippen LogP contribution in [0.2, 0.25) is 0 Å². The SMILES string of the molecule is Cc1cc2c(-c3ccccc3)cccc2[cH-]1.Cc1cc2c(-c3ccccc3)cccc2[cH-]1.Cl.Cl.[CH2-]C[CH2-].[Hf+4]. The van der Waals surface area contributed by atoms with Gasteiger partial charge in [0.05, 0.1) is 0 Å². The second kappa shape index (κ2) is 16.5. The molecule has 0 saturated carbocycles. The van der Waals surface area contributed by atoms with Gasteiger partial charge in [-0.05, 0) is 11.1 Å². The van der Waals surface area contributed by atoms with Crippen LogP contribution in [0, 0.1) is 27.7 Å². The third-order valence-corrected chi connectivity index (χ3v) is 5.96. The smallest absolute Gasteiger partial charge is 0.372 e. The molecule has 0 fully saturated rings. The summed E-state index contributed by atoms with van der Waals surface area (Å²) in [6, 6.07) is 43.1. The molecule has 3 heteroatoms. The normalized spacial score (nSPS) is 9.58. The number of hydrogen-bond acceptors (Lipinski definition) is 0. The van der Waals surface area contributed by atoms with E-state index in [2.05, 4.69) is 149 Å². The van der Waals surface area contributed by atoms with Gasteiger partial charge in [-0.1, -0.05) is 97.8 Å². The number of rotatable bonds is 2. The Bertz CT molecular complexity index is 1380. The first kappa shape index (κ1) is 33.6. The van der Waals surface area contributed by atoms with Gasteiger partial charge in [0.25, 0.3) is 0 Å². The molecule has 0 spiro atoms. The monoisotopic (exact) mass is 704 g/mol. The maximum Gasteiger partial charge on any atom is 4.00 e. The van der Waals surface area contributed by atoms with E-state index in [-0.39, 0.29) is 50.7 Å². The number of aryl methyl sites for hydroxylation is 2. The van der Waals surface area contributed by atoms with E-state index in [4.69, 9.17) is 0 Å². The van der Waals surface area contributed by atoms with Crippen molar-refractivity contribution in [1.82, 2.24) is 0 Å². The average molecular weight is 704 g/mol. The Hall–Kier alpha value is -2.45. The molecule has 0 bridgehead atoms. The van der Waals surface area contributed by atoms with Gasteiger partial charge in [0.1, 0.15) is 0 Å². The van der Waals surface area contributed by atoms with Gasteiger partial charge in [-0.25, -0.2) is 0 Å². The van der Waals surface area contributed by atoms with Gasteiger partial charge >= 0.3 is 25.8 Å². The number of benzene rings is 4. The van der Waals surface area contributed by atoms with E-state index in [9.17, 15) is 0 Å². The molecular formula is C35H34Cl2Hf. The fraction of sp³-hybridized carbons (Fsp3) is 0.0857. The van der Waals surface area contributed by atoms with Crippen molar-refractivity contribution in [2.75, 3.05) is 0 Å². The minimum absolute atomic E-state index is 0. The minimum Gasteiger partial charge on any atom is -0.372 e. The Balaban J connectivity index is 0.000000322. The fourth-order valence-corrected chi connectivity index (χ4v) is 4.51. The molecule has 0 radical (unpaired) electrons. The van der Waals surface area contributed by atoms with Crippen LogP contribution in [0.1, 0.15) is 17.5 Å². The largest absolute Gasteiger partial charge is 4.00 e. The minimum atomic E-state index is 0. The Kier molecular flexibility index (Phi) is 14.6. The van der Waals surface area contributed by atoms with Gasteiger partial charge in [0, 0.05) is 0 Å². The molecule has 6 aromatic rings. The molecule has 0 heterocycles. The average Bonchev–Trinajstić information content (AvgIpc) is 3.46. The Morgan fingerprint density at radius 1 is 0.526 bits per heavy atom. The van der Waals surface area contributed by atoms with Crippen molar-refractivity contribution in [3.8, 4) is 22.3 Å². The van der Waals surface area contributed by atoms with Crippen LogP contribution in [0.15, 0.2) is 121 Å². The van der Waals surface area contributed by atoms with Crippen LogP contribution in [0.4, 0.5) is 0 Å². The zero-order valence-electron chi connectivity index (χ0n) is 22.0. The first-order chi connectivity index (χ1) is 17.1. The molecule has 0 unspecified atom stereocenters. The van der Waals surface area contributed by atoms with Crippen LogP contribution in [0.5, 0.6) is 0 Å². The van der Waals surface area contributed by atoms with E-state index in [1.807, 2.05) is 0 Å². The van der Waals surface area contributed by atoms with Crippen molar-refractivity contribution in [2.24, 2.45) is 0 Å². The standard InChI is InChI=1S/2C16H13.C3H6.2ClH.Hf/c2*1-12-10-14-8-5-9-15(16(14)11-12)13-6-3-2-4-7-13;1-3-2;;;/h2*2-11H,1H3;1-3H2;2*1H;/q2*-1;-2;;;+4. The second-order valence-corrected chi connectivity index (χ2v) is 8.77. The van der Waals surface area contributed by atoms with Gasteiger partial charge in [-0.3, -0.25) is 0 Å². The van der Waals surface area contributed by atoms with E-state index >= 15 is 0 Å². The molecule has 0 atom stereocenters. The summed E-state index contributed by atoms with van der Waals surface area (Å²) in [4.78, 5) is 0. The zero-order valence-corrected chi connectivity index (χ0v) is 27.2. The van der Waals surface area contributed by atoms with Gasteiger partial charge < -0.3 is 20.3 Å². The molecule has 0 aliphatic rings. The molecule has 0 saturated heterocycles. The van der Waals surface area contributed by atoms with Crippen molar-refractivity contribution in [3.63, 3.8) is 0 Å². The summed E-state index contributed by atoms with van der Waals surface area (Å²) in [6.45, 7) is 11.0. The Labute approximate surface area is 259 Å². The Morgan fingerprint density at radius 3 is 1.21 bits per heavy atom. The van der Waals surface area contributed by atoms with Crippen molar-refractivity contribution in [2.45, 2.75) is 20.3 Å². The third-order valence-electron chi connectivity index (χ3n) is 5.96. The van der Waals surface area contributed by atoms with E-state index in [1.54, 1.807) is 0 Å². The fourth-order valence-electron chi connectivity index (χ4n) is 4.51. The van der Waals surface area contributed by atoms with Crippen LogP contribution in [-0.2, 0) is 25.8 Å². The number of halogens is 2. The summed E-state index contributed by atoms with van der Waals surface area (Å²) in [5, 5.41) is 5.37. The second-order valence-electron chi connectivity index (χ2n) is 8.77. The van der Waals surface area contributed by atoms with Gasteiger partial charge in [-0.15, -0.1) is 93.9 Å². The van der Waals surface area contributed by atoms with Crippen molar-refractivity contribution in [1.29, 1.82) is 0 Å². The Morgan fingerprint density at radius 2 is 0.868 bits per heavy atom. The zero-order chi connectivity index (χ0) is 24.6. The van der Waals surface area contributed by atoms with Gasteiger partial charge in [0.15, 0.2) is 0 Å². The van der Waals surface area contributed by atoms with E-state index in [1.165, 1.54) is 54.9 Å². The van der Waals surface area contributed by atoms with Crippen LogP contribution in [0.25, 0.3) is 43.8 Å². The predicted molar refractivity (Wildman–Crippen MR) is 169 cm³/mol. The molecule has 0 N–H and O–H groups in total. The summed E-state index contributed by atoms with van der Waals surface area (Å²) in [5.74, 6) is 0. The van der Waals surface area contributed by atoms with E-state index in [0.29, 0.717) is 0 Å². The first-order valence-electron chi connectivity index (χ1n) is 12.1. The third kappa shape index (κ3) is 8.27. The molecule has 0 aromatic heterocycles. The molecule has 0 amide bonds. The molecule has 6 rings (SSSR count). The number of hydrogen-bond donors (Lipinski definition) is 0. The van der Waals surface area contributed by atoms with Crippen molar-refractivity contribution < 1.29 is 25.8 Å². The molecule has 6 aromatic carbocycles. The van der Waals surface area contributed by atoms with Crippen LogP contribution >= 0.6 is 24.8 Å². The summed E-state index contributed by atoms with van der Waals surface area (Å²) in [5.41, 5.74) is 7.89.